The SMILES string of the molecule is Cc1ccc(-c2csc(NC(=O)C3CSC4(C)CCC(=O)N34)n2)cc1[N+](=O)[O-]. The maximum atomic E-state index is 12.7. The van der Waals surface area contributed by atoms with Gasteiger partial charge in [-0.2, -0.15) is 0 Å². The molecule has 0 spiro atoms. The maximum absolute atomic E-state index is 12.7. The van der Waals surface area contributed by atoms with Crippen LogP contribution in [0.3, 0.4) is 0 Å². The van der Waals surface area contributed by atoms with Crippen LogP contribution in [0.1, 0.15) is 25.3 Å². The van der Waals surface area contributed by atoms with E-state index in [2.05, 4.69) is 10.3 Å². The number of carbonyl (C=O) groups is 2. The van der Waals surface area contributed by atoms with Crippen molar-refractivity contribution in [3.63, 3.8) is 0 Å². The van der Waals surface area contributed by atoms with Crippen LogP contribution in [0.4, 0.5) is 10.8 Å². The molecule has 2 aromatic rings. The van der Waals surface area contributed by atoms with Crippen LogP contribution in [0.5, 0.6) is 0 Å². The molecule has 2 fully saturated rings. The van der Waals surface area contributed by atoms with Crippen LogP contribution >= 0.6 is 23.1 Å². The number of amides is 2. The van der Waals surface area contributed by atoms with Gasteiger partial charge in [0, 0.05) is 34.7 Å². The van der Waals surface area contributed by atoms with Crippen molar-refractivity contribution >= 4 is 45.7 Å². The van der Waals surface area contributed by atoms with Crippen LogP contribution in [0.25, 0.3) is 11.3 Å². The highest BCUT2D eigenvalue weighted by atomic mass is 32.2. The van der Waals surface area contributed by atoms with Gasteiger partial charge in [-0.05, 0) is 20.3 Å². The Hall–Kier alpha value is -2.46. The van der Waals surface area contributed by atoms with Crippen LogP contribution in [-0.4, -0.2) is 43.3 Å². The Morgan fingerprint density at radius 1 is 1.46 bits per heavy atom. The average molecular weight is 419 g/mol. The van der Waals surface area contributed by atoms with E-state index in [0.717, 1.165) is 6.42 Å². The first-order valence-corrected chi connectivity index (χ1v) is 10.6. The quantitative estimate of drug-likeness (QED) is 0.602. The average Bonchev–Trinajstić information content (AvgIpc) is 3.31. The van der Waals surface area contributed by atoms with Crippen LogP contribution < -0.4 is 5.32 Å². The van der Waals surface area contributed by atoms with Gasteiger partial charge in [0.25, 0.3) is 5.69 Å². The van der Waals surface area contributed by atoms with Gasteiger partial charge in [-0.25, -0.2) is 4.98 Å². The van der Waals surface area contributed by atoms with Crippen molar-refractivity contribution in [3.05, 3.63) is 39.3 Å². The Balaban J connectivity index is 1.51. The molecule has 1 aromatic heterocycles. The second-order valence-electron chi connectivity index (χ2n) is 7.05. The minimum Gasteiger partial charge on any atom is -0.315 e. The summed E-state index contributed by atoms with van der Waals surface area (Å²) in [5.74, 6) is 0.331. The third-order valence-corrected chi connectivity index (χ3v) is 7.45. The number of thioether (sulfide) groups is 1. The van der Waals surface area contributed by atoms with Crippen LogP contribution in [-0.2, 0) is 9.59 Å². The lowest BCUT2D eigenvalue weighted by molar-refractivity contribution is -0.385. The van der Waals surface area contributed by atoms with E-state index in [1.807, 2.05) is 6.92 Å². The standard InChI is InChI=1S/C18H18N4O4S2/c1-10-3-4-11(7-13(10)22(25)26)12-8-27-17(19-12)20-16(24)14-9-28-18(2)6-5-15(23)21(14)18/h3-4,7-8,14H,5-6,9H2,1-2H3,(H,19,20,24). The first-order chi connectivity index (χ1) is 13.3. The summed E-state index contributed by atoms with van der Waals surface area (Å²) in [6, 6.07) is 4.43. The van der Waals surface area contributed by atoms with Gasteiger partial charge < -0.3 is 10.2 Å². The summed E-state index contributed by atoms with van der Waals surface area (Å²) in [5, 5.41) is 16.1. The van der Waals surface area contributed by atoms with E-state index in [1.165, 1.54) is 17.4 Å². The molecule has 0 radical (unpaired) electrons. The van der Waals surface area contributed by atoms with Gasteiger partial charge >= 0.3 is 0 Å². The molecule has 2 amide bonds. The van der Waals surface area contributed by atoms with Gasteiger partial charge in [0.05, 0.1) is 15.5 Å². The minimum absolute atomic E-state index is 0.0134. The van der Waals surface area contributed by atoms with Crippen molar-refractivity contribution in [1.29, 1.82) is 0 Å². The predicted octanol–water partition coefficient (Wildman–Crippen LogP) is 3.42. The van der Waals surface area contributed by atoms with Crippen LogP contribution in [0.2, 0.25) is 0 Å². The highest BCUT2D eigenvalue weighted by molar-refractivity contribution is 8.01. The van der Waals surface area contributed by atoms with Gasteiger partial charge in [-0.3, -0.25) is 19.7 Å². The number of rotatable bonds is 4. The summed E-state index contributed by atoms with van der Waals surface area (Å²) in [7, 11) is 0. The molecular weight excluding hydrogens is 400 g/mol. The fourth-order valence-electron chi connectivity index (χ4n) is 3.63. The number of nitrogens with one attached hydrogen (secondary N) is 1. The number of thiazole rings is 1. The van der Waals surface area contributed by atoms with Crippen LogP contribution in [0.15, 0.2) is 23.6 Å². The Morgan fingerprint density at radius 3 is 3.00 bits per heavy atom. The van der Waals surface area contributed by atoms with E-state index in [4.69, 9.17) is 0 Å². The zero-order valence-electron chi connectivity index (χ0n) is 15.3. The number of carbonyl (C=O) groups excluding carboxylic acids is 2. The Kier molecular flexibility index (Phi) is 4.62. The summed E-state index contributed by atoms with van der Waals surface area (Å²) in [6.45, 7) is 3.68. The van der Waals surface area contributed by atoms with E-state index in [-0.39, 0.29) is 22.4 Å². The normalized spacial score (nSPS) is 23.7. The molecule has 3 heterocycles. The number of aryl methyl sites for hydroxylation is 1. The fourth-order valence-corrected chi connectivity index (χ4v) is 5.79. The lowest BCUT2D eigenvalue weighted by Gasteiger charge is -2.29. The molecule has 4 rings (SSSR count). The van der Waals surface area contributed by atoms with Crippen LogP contribution in [0, 0.1) is 17.0 Å². The Morgan fingerprint density at radius 2 is 2.25 bits per heavy atom. The van der Waals surface area contributed by atoms with Crippen molar-refractivity contribution < 1.29 is 14.5 Å². The molecule has 0 aliphatic carbocycles. The third kappa shape index (κ3) is 3.16. The zero-order valence-corrected chi connectivity index (χ0v) is 16.9. The summed E-state index contributed by atoms with van der Waals surface area (Å²) in [4.78, 5) is 41.5. The van der Waals surface area contributed by atoms with Crippen molar-refractivity contribution in [1.82, 2.24) is 9.88 Å². The minimum atomic E-state index is -0.502. The molecule has 0 saturated carbocycles. The van der Waals surface area contributed by atoms with E-state index < -0.39 is 11.0 Å². The largest absolute Gasteiger partial charge is 0.315 e. The molecule has 2 aliphatic rings. The molecule has 1 aromatic carbocycles. The van der Waals surface area contributed by atoms with Crippen molar-refractivity contribution in [2.75, 3.05) is 11.1 Å². The smallest absolute Gasteiger partial charge is 0.272 e. The maximum Gasteiger partial charge on any atom is 0.272 e. The number of aromatic nitrogens is 1. The van der Waals surface area contributed by atoms with Gasteiger partial charge in [0.1, 0.15) is 6.04 Å². The summed E-state index contributed by atoms with van der Waals surface area (Å²) < 4.78 is 0. The zero-order chi connectivity index (χ0) is 20.1. The first-order valence-electron chi connectivity index (χ1n) is 8.76. The second-order valence-corrected chi connectivity index (χ2v) is 9.41. The number of hydrogen-bond acceptors (Lipinski definition) is 7. The molecule has 1 N–H and O–H groups in total. The summed E-state index contributed by atoms with van der Waals surface area (Å²) >= 11 is 2.89. The van der Waals surface area contributed by atoms with Crippen molar-refractivity contribution in [2.24, 2.45) is 0 Å². The fraction of sp³-hybridized carbons (Fsp3) is 0.389. The molecule has 10 heteroatoms. The highest BCUT2D eigenvalue weighted by Crippen LogP contribution is 2.47. The molecule has 2 saturated heterocycles. The lowest BCUT2D eigenvalue weighted by Crippen LogP contribution is -2.48. The molecule has 2 atom stereocenters. The molecule has 8 nitrogen and oxygen atoms in total. The second kappa shape index (κ2) is 6.85. The molecule has 2 aliphatic heterocycles. The summed E-state index contributed by atoms with van der Waals surface area (Å²) in [6.07, 6.45) is 1.23. The van der Waals surface area contributed by atoms with Gasteiger partial charge in [0.15, 0.2) is 5.13 Å². The topological polar surface area (TPSA) is 105 Å². The number of benzene rings is 1. The van der Waals surface area contributed by atoms with Gasteiger partial charge in [-0.1, -0.05) is 12.1 Å². The predicted molar refractivity (Wildman–Crippen MR) is 108 cm³/mol. The number of nitro groups is 1. The summed E-state index contributed by atoms with van der Waals surface area (Å²) in [5.41, 5.74) is 1.79. The number of nitro benzene ring substituents is 1. The van der Waals surface area contributed by atoms with Crippen molar-refractivity contribution in [3.8, 4) is 11.3 Å². The van der Waals surface area contributed by atoms with E-state index in [0.29, 0.717) is 34.1 Å². The third-order valence-electron chi connectivity index (χ3n) is 5.18. The van der Waals surface area contributed by atoms with Gasteiger partial charge in [0.2, 0.25) is 11.8 Å². The highest BCUT2D eigenvalue weighted by Gasteiger charge is 2.52. The monoisotopic (exact) mass is 418 g/mol. The van der Waals surface area contributed by atoms with Crippen molar-refractivity contribution in [2.45, 2.75) is 37.6 Å². The molecule has 0 bridgehead atoms. The van der Waals surface area contributed by atoms with E-state index in [9.17, 15) is 19.7 Å². The van der Waals surface area contributed by atoms with Gasteiger partial charge in [-0.15, -0.1) is 23.1 Å². The molecule has 146 valence electrons. The number of hydrogen-bond donors (Lipinski definition) is 1. The van der Waals surface area contributed by atoms with E-state index >= 15 is 0 Å². The lowest BCUT2D eigenvalue weighted by atomic mass is 10.1. The Labute approximate surface area is 169 Å². The molecule has 28 heavy (non-hydrogen) atoms. The number of fused-ring (bicyclic) bond motifs is 1. The molecule has 2 unspecified atom stereocenters. The first kappa shape index (κ1) is 18.9. The number of anilines is 1. The Bertz CT molecular complexity index is 992. The number of nitrogens with zero attached hydrogens (tertiary/aromatic N) is 3. The molecular formula is C18H18N4O4S2. The van der Waals surface area contributed by atoms with E-state index in [1.54, 1.807) is 41.1 Å².